The van der Waals surface area contributed by atoms with Crippen LogP contribution in [0, 0.1) is 0 Å². The zero-order valence-electron chi connectivity index (χ0n) is 13.3. The third-order valence-corrected chi connectivity index (χ3v) is 4.36. The van der Waals surface area contributed by atoms with Crippen molar-refractivity contribution in [3.63, 3.8) is 0 Å². The van der Waals surface area contributed by atoms with Gasteiger partial charge in [-0.2, -0.15) is 0 Å². The first kappa shape index (κ1) is 16.1. The lowest BCUT2D eigenvalue weighted by atomic mass is 10.2. The molecule has 0 fully saturated rings. The zero-order valence-corrected chi connectivity index (χ0v) is 14.1. The maximum Gasteiger partial charge on any atom is 0.229 e. The fraction of sp³-hybridized carbons (Fsp3) is 0.105. The summed E-state index contributed by atoms with van der Waals surface area (Å²) in [6, 6.07) is 19.2. The van der Waals surface area contributed by atoms with Gasteiger partial charge in [0.1, 0.15) is 5.75 Å². The number of para-hydroxylation sites is 2. The molecule has 0 spiro atoms. The van der Waals surface area contributed by atoms with Gasteiger partial charge in [-0.3, -0.25) is 4.79 Å². The van der Waals surface area contributed by atoms with Crippen LogP contribution in [0.5, 0.6) is 5.75 Å². The number of anilines is 3. The zero-order chi connectivity index (χ0) is 16.8. The molecule has 1 amide bonds. The first-order valence-electron chi connectivity index (χ1n) is 7.57. The monoisotopic (exact) mass is 338 g/mol. The van der Waals surface area contributed by atoms with Gasteiger partial charge in [-0.25, -0.2) is 0 Å². The molecule has 0 unspecified atom stereocenters. The summed E-state index contributed by atoms with van der Waals surface area (Å²) in [5, 5.41) is 8.27. The molecule has 0 saturated heterocycles. The average Bonchev–Trinajstić information content (AvgIpc) is 3.10. The minimum atomic E-state index is -0.0265. The maximum absolute atomic E-state index is 12.2. The topological polar surface area (TPSA) is 50.4 Å². The van der Waals surface area contributed by atoms with E-state index < -0.39 is 0 Å². The number of ether oxygens (including phenoxy) is 1. The molecule has 3 aromatic rings. The number of carbonyl (C=O) groups excluding carboxylic acids is 1. The summed E-state index contributed by atoms with van der Waals surface area (Å²) in [6.45, 7) is 0. The van der Waals surface area contributed by atoms with Crippen molar-refractivity contribution in [1.82, 2.24) is 0 Å². The summed E-state index contributed by atoms with van der Waals surface area (Å²) in [4.78, 5) is 13.3. The van der Waals surface area contributed by atoms with Crippen molar-refractivity contribution >= 4 is 34.3 Å². The van der Waals surface area contributed by atoms with Crippen LogP contribution in [-0.2, 0) is 11.2 Å². The van der Waals surface area contributed by atoms with Gasteiger partial charge < -0.3 is 15.4 Å². The Morgan fingerprint density at radius 3 is 2.42 bits per heavy atom. The Hall–Kier alpha value is -2.79. The molecule has 0 radical (unpaired) electrons. The number of methoxy groups -OCH3 is 1. The van der Waals surface area contributed by atoms with Crippen molar-refractivity contribution in [3.8, 4) is 5.75 Å². The third-order valence-electron chi connectivity index (χ3n) is 3.49. The van der Waals surface area contributed by atoms with E-state index in [0.717, 1.165) is 27.7 Å². The van der Waals surface area contributed by atoms with Crippen LogP contribution < -0.4 is 15.4 Å². The summed E-state index contributed by atoms with van der Waals surface area (Å²) in [6.07, 6.45) is 0.383. The Morgan fingerprint density at radius 1 is 1.00 bits per heavy atom. The molecule has 0 bridgehead atoms. The number of benzene rings is 2. The maximum atomic E-state index is 12.2. The van der Waals surface area contributed by atoms with Crippen molar-refractivity contribution in [2.75, 3.05) is 17.7 Å². The van der Waals surface area contributed by atoms with Crippen LogP contribution in [0.2, 0.25) is 0 Å². The van der Waals surface area contributed by atoms with Crippen LogP contribution in [0.15, 0.2) is 66.0 Å². The number of hydrogen-bond donors (Lipinski definition) is 2. The summed E-state index contributed by atoms with van der Waals surface area (Å²) in [7, 11) is 1.64. The fourth-order valence-corrected chi connectivity index (χ4v) is 3.00. The first-order chi connectivity index (χ1) is 11.7. The van der Waals surface area contributed by atoms with E-state index in [1.54, 1.807) is 18.4 Å². The van der Waals surface area contributed by atoms with E-state index in [0.29, 0.717) is 6.42 Å². The van der Waals surface area contributed by atoms with Gasteiger partial charge in [0.15, 0.2) is 0 Å². The number of nitrogens with one attached hydrogen (secondary N) is 2. The predicted octanol–water partition coefficient (Wildman–Crippen LogP) is 4.68. The van der Waals surface area contributed by atoms with Gasteiger partial charge in [0.25, 0.3) is 0 Å². The Labute approximate surface area is 145 Å². The molecule has 0 saturated carbocycles. The quantitative estimate of drug-likeness (QED) is 0.686. The van der Waals surface area contributed by atoms with Crippen molar-refractivity contribution in [3.05, 3.63) is 70.9 Å². The van der Waals surface area contributed by atoms with Crippen molar-refractivity contribution < 1.29 is 9.53 Å². The molecule has 3 rings (SSSR count). The normalized spacial score (nSPS) is 10.2. The first-order valence-corrected chi connectivity index (χ1v) is 8.45. The molecule has 0 aliphatic carbocycles. The lowest BCUT2D eigenvalue weighted by molar-refractivity contribution is -0.115. The lowest BCUT2D eigenvalue weighted by Gasteiger charge is -2.13. The molecule has 1 heterocycles. The Bertz CT molecular complexity index is 798. The highest BCUT2D eigenvalue weighted by Crippen LogP contribution is 2.26. The Balaban J connectivity index is 1.71. The lowest BCUT2D eigenvalue weighted by Crippen LogP contribution is -2.14. The summed E-state index contributed by atoms with van der Waals surface area (Å²) in [5.74, 6) is 0.777. The summed E-state index contributed by atoms with van der Waals surface area (Å²) < 4.78 is 5.16. The van der Waals surface area contributed by atoms with Crippen LogP contribution in [0.1, 0.15) is 4.88 Å². The molecular formula is C19H18N2O2S. The second-order valence-corrected chi connectivity index (χ2v) is 6.24. The number of carbonyl (C=O) groups is 1. The second-order valence-electron chi connectivity index (χ2n) is 5.20. The van der Waals surface area contributed by atoms with Gasteiger partial charge in [0, 0.05) is 10.6 Å². The number of rotatable bonds is 6. The molecule has 122 valence electrons. The van der Waals surface area contributed by atoms with Crippen LogP contribution >= 0.6 is 11.3 Å². The van der Waals surface area contributed by atoms with Gasteiger partial charge >= 0.3 is 0 Å². The second kappa shape index (κ2) is 7.66. The van der Waals surface area contributed by atoms with Crippen molar-refractivity contribution in [2.24, 2.45) is 0 Å². The summed E-state index contributed by atoms with van der Waals surface area (Å²) >= 11 is 1.58. The van der Waals surface area contributed by atoms with Gasteiger partial charge in [-0.15, -0.1) is 11.3 Å². The van der Waals surface area contributed by atoms with Crippen LogP contribution in [-0.4, -0.2) is 13.0 Å². The molecule has 1 aromatic heterocycles. The van der Waals surface area contributed by atoms with Crippen molar-refractivity contribution in [2.45, 2.75) is 6.42 Å². The molecule has 2 N–H and O–H groups in total. The van der Waals surface area contributed by atoms with Crippen LogP contribution in [0.4, 0.5) is 17.1 Å². The molecule has 5 heteroatoms. The average molecular weight is 338 g/mol. The minimum absolute atomic E-state index is 0.0265. The SMILES string of the molecule is COc1ccc(Nc2ccccc2NC(=O)Cc2cccs2)cc1. The smallest absolute Gasteiger partial charge is 0.229 e. The number of thiophene rings is 1. The highest BCUT2D eigenvalue weighted by atomic mass is 32.1. The number of amides is 1. The molecule has 0 aliphatic rings. The van der Waals surface area contributed by atoms with E-state index in [-0.39, 0.29) is 5.91 Å². The highest BCUT2D eigenvalue weighted by Gasteiger charge is 2.08. The Kier molecular flexibility index (Phi) is 5.13. The van der Waals surface area contributed by atoms with Gasteiger partial charge in [-0.05, 0) is 47.8 Å². The molecular weight excluding hydrogens is 320 g/mol. The largest absolute Gasteiger partial charge is 0.497 e. The third kappa shape index (κ3) is 4.14. The molecule has 24 heavy (non-hydrogen) atoms. The molecule has 2 aromatic carbocycles. The van der Waals surface area contributed by atoms with Crippen molar-refractivity contribution in [1.29, 1.82) is 0 Å². The summed E-state index contributed by atoms with van der Waals surface area (Å²) in [5.41, 5.74) is 2.54. The van der Waals surface area contributed by atoms with Crippen LogP contribution in [0.25, 0.3) is 0 Å². The Morgan fingerprint density at radius 2 is 1.75 bits per heavy atom. The predicted molar refractivity (Wildman–Crippen MR) is 99.4 cm³/mol. The van der Waals surface area contributed by atoms with E-state index in [4.69, 9.17) is 4.74 Å². The van der Waals surface area contributed by atoms with E-state index >= 15 is 0 Å². The van der Waals surface area contributed by atoms with E-state index in [1.807, 2.05) is 66.0 Å². The minimum Gasteiger partial charge on any atom is -0.497 e. The molecule has 0 aliphatic heterocycles. The van der Waals surface area contributed by atoms with Gasteiger partial charge in [0.2, 0.25) is 5.91 Å². The van der Waals surface area contributed by atoms with E-state index in [9.17, 15) is 4.79 Å². The highest BCUT2D eigenvalue weighted by molar-refractivity contribution is 7.10. The molecule has 0 atom stereocenters. The van der Waals surface area contributed by atoms with Gasteiger partial charge in [-0.1, -0.05) is 18.2 Å². The number of hydrogen-bond acceptors (Lipinski definition) is 4. The fourth-order valence-electron chi connectivity index (χ4n) is 2.30. The standard InChI is InChI=1S/C19H18N2O2S/c1-23-15-10-8-14(9-11-15)20-17-6-2-3-7-18(17)21-19(22)13-16-5-4-12-24-16/h2-12,20H,13H2,1H3,(H,21,22). The van der Waals surface area contributed by atoms with E-state index in [2.05, 4.69) is 10.6 Å². The van der Waals surface area contributed by atoms with Gasteiger partial charge in [0.05, 0.1) is 24.9 Å². The molecule has 4 nitrogen and oxygen atoms in total. The van der Waals surface area contributed by atoms with Crippen LogP contribution in [0.3, 0.4) is 0 Å². The van der Waals surface area contributed by atoms with E-state index in [1.165, 1.54) is 0 Å².